The number of likely N-dealkylation sites (tertiary alicyclic amines) is 1. The minimum Gasteiger partial charge on any atom is -0.504 e. The van der Waals surface area contributed by atoms with Gasteiger partial charge in [0.2, 0.25) is 0 Å². The van der Waals surface area contributed by atoms with Crippen LogP contribution in [0.3, 0.4) is 0 Å². The Bertz CT molecular complexity index is 1100. The fraction of sp³-hybridized carbons (Fsp3) is 0.560. The fourth-order valence-electron chi connectivity index (χ4n) is 5.64. The monoisotopic (exact) mass is 489 g/mol. The van der Waals surface area contributed by atoms with Crippen LogP contribution in [0.1, 0.15) is 44.7 Å². The molecule has 3 aliphatic rings. The molecule has 1 fully saturated rings. The summed E-state index contributed by atoms with van der Waals surface area (Å²) in [7, 11) is 1.95. The number of nitrogens with zero attached hydrogens (tertiary/aromatic N) is 1. The predicted octanol–water partition coefficient (Wildman–Crippen LogP) is 1.48. The minimum atomic E-state index is -1.27. The molecular formula is C25H31NO9. The summed E-state index contributed by atoms with van der Waals surface area (Å²) in [5.74, 6) is -1.96. The van der Waals surface area contributed by atoms with Gasteiger partial charge in [-0.1, -0.05) is 6.07 Å². The lowest BCUT2D eigenvalue weighted by molar-refractivity contribution is -0.174. The molecule has 0 unspecified atom stereocenters. The summed E-state index contributed by atoms with van der Waals surface area (Å²) in [5.41, 5.74) is -0.647. The number of hydrogen-bond acceptors (Lipinski definition) is 10. The van der Waals surface area contributed by atoms with Crippen molar-refractivity contribution in [2.24, 2.45) is 0 Å². The van der Waals surface area contributed by atoms with Gasteiger partial charge < -0.3 is 34.1 Å². The number of phenolic OH excluding ortho intramolecular Hbond substituents is 1. The SMILES string of the molecule is CC(=O)OCC(=O)O[C@@H](C)C(=O)OC1=CC[C@@]2(O)[C@@H](C)N(C)CC[C@@]23c2c(C)ccc(O)c2O[C@@H]13. The first-order valence-electron chi connectivity index (χ1n) is 11.6. The number of rotatable bonds is 5. The Balaban J connectivity index is 1.65. The largest absolute Gasteiger partial charge is 0.504 e. The molecule has 0 radical (unpaired) electrons. The normalized spacial score (nSPS) is 30.1. The highest BCUT2D eigenvalue weighted by molar-refractivity contribution is 5.81. The Morgan fingerprint density at radius 1 is 1.31 bits per heavy atom. The number of carbonyl (C=O) groups excluding carboxylic acids is 3. The van der Waals surface area contributed by atoms with Gasteiger partial charge in [-0.05, 0) is 58.5 Å². The molecule has 1 aromatic carbocycles. The number of phenols is 1. The number of ether oxygens (including phenoxy) is 4. The average Bonchev–Trinajstić information content (AvgIpc) is 3.17. The van der Waals surface area contributed by atoms with Gasteiger partial charge in [0.05, 0.1) is 11.0 Å². The van der Waals surface area contributed by atoms with E-state index in [0.29, 0.717) is 18.5 Å². The Morgan fingerprint density at radius 2 is 2.03 bits per heavy atom. The van der Waals surface area contributed by atoms with Crippen LogP contribution in [0.15, 0.2) is 24.0 Å². The lowest BCUT2D eigenvalue weighted by atomic mass is 9.54. The number of benzene rings is 1. The second-order valence-electron chi connectivity index (χ2n) is 9.55. The number of carbonyl (C=O) groups is 3. The summed E-state index contributed by atoms with van der Waals surface area (Å²) in [6.45, 7) is 6.39. The van der Waals surface area contributed by atoms with Crippen molar-refractivity contribution in [2.75, 3.05) is 20.2 Å². The van der Waals surface area contributed by atoms with E-state index in [9.17, 15) is 24.6 Å². The van der Waals surface area contributed by atoms with E-state index in [1.165, 1.54) is 6.92 Å². The molecule has 0 amide bonds. The van der Waals surface area contributed by atoms with E-state index in [1.807, 2.05) is 20.9 Å². The van der Waals surface area contributed by atoms with E-state index in [0.717, 1.165) is 12.5 Å². The Morgan fingerprint density at radius 3 is 2.71 bits per heavy atom. The van der Waals surface area contributed by atoms with Gasteiger partial charge >= 0.3 is 17.9 Å². The maximum Gasteiger partial charge on any atom is 0.352 e. The molecular weight excluding hydrogens is 458 g/mol. The smallest absolute Gasteiger partial charge is 0.352 e. The molecule has 1 aliphatic carbocycles. The van der Waals surface area contributed by atoms with E-state index in [1.54, 1.807) is 18.2 Å². The first-order chi connectivity index (χ1) is 16.4. The molecule has 0 saturated carbocycles. The van der Waals surface area contributed by atoms with Crippen molar-refractivity contribution >= 4 is 17.9 Å². The van der Waals surface area contributed by atoms with Gasteiger partial charge in [0, 0.05) is 24.9 Å². The van der Waals surface area contributed by atoms with Crippen molar-refractivity contribution in [2.45, 2.75) is 69.8 Å². The van der Waals surface area contributed by atoms with Crippen molar-refractivity contribution in [3.8, 4) is 11.5 Å². The van der Waals surface area contributed by atoms with Gasteiger partial charge in [-0.25, -0.2) is 9.59 Å². The molecule has 10 heteroatoms. The molecule has 190 valence electrons. The molecule has 35 heavy (non-hydrogen) atoms. The second kappa shape index (κ2) is 8.83. The fourth-order valence-corrected chi connectivity index (χ4v) is 5.64. The zero-order valence-electron chi connectivity index (χ0n) is 20.5. The van der Waals surface area contributed by atoms with E-state index < -0.39 is 47.7 Å². The molecule has 1 spiro atoms. The quantitative estimate of drug-likeness (QED) is 0.463. The molecule has 1 aromatic rings. The zero-order chi connectivity index (χ0) is 25.7. The summed E-state index contributed by atoms with van der Waals surface area (Å²) in [6.07, 6.45) is 0.185. The molecule has 10 nitrogen and oxygen atoms in total. The van der Waals surface area contributed by atoms with Crippen LogP contribution >= 0.6 is 0 Å². The third kappa shape index (κ3) is 3.84. The van der Waals surface area contributed by atoms with E-state index >= 15 is 0 Å². The van der Waals surface area contributed by atoms with Gasteiger partial charge in [0.1, 0.15) is 5.76 Å². The topological polar surface area (TPSA) is 132 Å². The number of aromatic hydroxyl groups is 1. The number of fused-ring (bicyclic) bond motifs is 1. The number of piperidine rings is 1. The van der Waals surface area contributed by atoms with Gasteiger partial charge in [0.25, 0.3) is 0 Å². The number of hydrogen-bond donors (Lipinski definition) is 2. The van der Waals surface area contributed by atoms with Gasteiger partial charge in [-0.3, -0.25) is 4.79 Å². The Hall–Kier alpha value is -3.11. The van der Waals surface area contributed by atoms with Crippen molar-refractivity contribution in [3.63, 3.8) is 0 Å². The van der Waals surface area contributed by atoms with Crippen LogP contribution in [-0.2, 0) is 34.0 Å². The Labute approximate surface area is 203 Å². The maximum atomic E-state index is 12.8. The van der Waals surface area contributed by atoms with Crippen molar-refractivity contribution in [1.29, 1.82) is 0 Å². The van der Waals surface area contributed by atoms with Crippen LogP contribution in [0.4, 0.5) is 0 Å². The molecule has 0 bridgehead atoms. The summed E-state index contributed by atoms with van der Waals surface area (Å²) in [4.78, 5) is 37.6. The minimum absolute atomic E-state index is 0.0539. The second-order valence-corrected chi connectivity index (χ2v) is 9.55. The van der Waals surface area contributed by atoms with Gasteiger partial charge in [0.15, 0.2) is 30.3 Å². The summed E-state index contributed by atoms with van der Waals surface area (Å²) < 4.78 is 21.5. The van der Waals surface area contributed by atoms with Crippen LogP contribution in [0.5, 0.6) is 11.5 Å². The summed E-state index contributed by atoms with van der Waals surface area (Å²) in [6, 6.07) is 3.08. The predicted molar refractivity (Wildman–Crippen MR) is 122 cm³/mol. The van der Waals surface area contributed by atoms with Crippen LogP contribution in [0.25, 0.3) is 0 Å². The lowest BCUT2D eigenvalue weighted by Crippen LogP contribution is -2.71. The number of esters is 3. The average molecular weight is 490 g/mol. The van der Waals surface area contributed by atoms with Crippen LogP contribution in [0.2, 0.25) is 0 Å². The number of likely N-dealkylation sites (N-methyl/N-ethyl adjacent to an activating group) is 1. The first-order valence-corrected chi connectivity index (χ1v) is 11.6. The number of aryl methyl sites for hydroxylation is 1. The van der Waals surface area contributed by atoms with E-state index in [4.69, 9.17) is 14.2 Å². The molecule has 2 N–H and O–H groups in total. The molecule has 0 aromatic heterocycles. The maximum absolute atomic E-state index is 12.8. The van der Waals surface area contributed by atoms with Crippen LogP contribution in [0, 0.1) is 6.92 Å². The van der Waals surface area contributed by atoms with Gasteiger partial charge in [-0.2, -0.15) is 0 Å². The van der Waals surface area contributed by atoms with Gasteiger partial charge in [-0.15, -0.1) is 0 Å². The number of aliphatic hydroxyl groups is 1. The standard InChI is InChI=1S/C25H31NO9/c1-13-6-7-17(28)21-20(13)24-10-11-26(5)15(3)25(24,31)9-8-18(22(24)35-21)34-23(30)14(2)33-19(29)12-32-16(4)27/h6-8,14-15,22,28,31H,9-12H2,1-5H3/t14-,15+,22-,24-,25+/m0/s1. The summed E-state index contributed by atoms with van der Waals surface area (Å²) >= 11 is 0. The van der Waals surface area contributed by atoms with Crippen molar-refractivity contribution in [1.82, 2.24) is 4.90 Å². The van der Waals surface area contributed by atoms with Crippen LogP contribution in [-0.4, -0.2) is 77.1 Å². The van der Waals surface area contributed by atoms with E-state index in [-0.39, 0.29) is 29.7 Å². The third-order valence-electron chi connectivity index (χ3n) is 7.58. The Kier molecular flexibility index (Phi) is 6.31. The molecule has 1 saturated heterocycles. The zero-order valence-corrected chi connectivity index (χ0v) is 20.5. The highest BCUT2D eigenvalue weighted by Crippen LogP contribution is 2.62. The highest BCUT2D eigenvalue weighted by Gasteiger charge is 2.69. The van der Waals surface area contributed by atoms with E-state index in [2.05, 4.69) is 9.64 Å². The van der Waals surface area contributed by atoms with Crippen molar-refractivity contribution in [3.05, 3.63) is 35.1 Å². The first kappa shape index (κ1) is 25.0. The molecule has 5 atom stereocenters. The third-order valence-corrected chi connectivity index (χ3v) is 7.58. The lowest BCUT2D eigenvalue weighted by Gasteiger charge is -2.58. The van der Waals surface area contributed by atoms with Crippen LogP contribution < -0.4 is 4.74 Å². The molecule has 2 aliphatic heterocycles. The molecule has 4 rings (SSSR count). The van der Waals surface area contributed by atoms with Crippen molar-refractivity contribution < 1.29 is 43.5 Å². The highest BCUT2D eigenvalue weighted by atomic mass is 16.6. The summed E-state index contributed by atoms with van der Waals surface area (Å²) in [5, 5.41) is 22.7. The molecule has 2 heterocycles.